The number of benzene rings is 2. The molecule has 35 heavy (non-hydrogen) atoms. The van der Waals surface area contributed by atoms with E-state index in [4.69, 9.17) is 0 Å². The molecule has 0 spiro atoms. The van der Waals surface area contributed by atoms with Gasteiger partial charge in [0, 0.05) is 57.6 Å². The summed E-state index contributed by atoms with van der Waals surface area (Å²) in [7, 11) is 2.02. The summed E-state index contributed by atoms with van der Waals surface area (Å²) in [5.41, 5.74) is 3.96. The predicted molar refractivity (Wildman–Crippen MR) is 134 cm³/mol. The van der Waals surface area contributed by atoms with Gasteiger partial charge in [0.2, 0.25) is 12.3 Å². The molecule has 1 fully saturated rings. The summed E-state index contributed by atoms with van der Waals surface area (Å²) in [5.74, 6) is -0.232. The van der Waals surface area contributed by atoms with Crippen molar-refractivity contribution in [2.24, 2.45) is 0 Å². The van der Waals surface area contributed by atoms with Gasteiger partial charge in [-0.25, -0.2) is 4.39 Å². The Bertz CT molecular complexity index is 1150. The van der Waals surface area contributed by atoms with Crippen LogP contribution in [-0.4, -0.2) is 64.5 Å². The maximum Gasteiger partial charge on any atom is 0.219 e. The third-order valence-corrected chi connectivity index (χ3v) is 7.27. The molecule has 2 heterocycles. The minimum Gasteiger partial charge on any atom is -0.372 e. The molecule has 1 N–H and O–H groups in total. The van der Waals surface area contributed by atoms with Crippen LogP contribution in [0.1, 0.15) is 30.9 Å². The summed E-state index contributed by atoms with van der Waals surface area (Å²) in [6, 6.07) is 13.2. The van der Waals surface area contributed by atoms with E-state index >= 15 is 0 Å². The highest BCUT2D eigenvalue weighted by atomic mass is 19.1. The van der Waals surface area contributed by atoms with Crippen LogP contribution in [0.3, 0.4) is 0 Å². The van der Waals surface area contributed by atoms with Crippen LogP contribution in [0.15, 0.2) is 54.9 Å². The SMILES string of the molecule is CC(=O)N1CCC(CN(C)c2ccc(-c3cn[nH]c3)cc2)(N(C=O)Cc2cccc(F)c2C)CC1. The topological polar surface area (TPSA) is 72.5 Å². The molecule has 1 saturated heterocycles. The highest BCUT2D eigenvalue weighted by molar-refractivity contribution is 5.73. The molecular formula is C27H32FN5O2. The predicted octanol–water partition coefficient (Wildman–Crippen LogP) is 4.00. The third kappa shape index (κ3) is 5.21. The molecule has 1 aliphatic rings. The molecule has 0 radical (unpaired) electrons. The molecule has 3 aromatic rings. The molecule has 0 atom stereocenters. The van der Waals surface area contributed by atoms with Gasteiger partial charge in [0.05, 0.1) is 11.7 Å². The van der Waals surface area contributed by atoms with E-state index < -0.39 is 5.54 Å². The Morgan fingerprint density at radius 3 is 2.49 bits per heavy atom. The molecule has 184 valence electrons. The molecule has 1 aliphatic heterocycles. The number of piperidine rings is 1. The second-order valence-corrected chi connectivity index (χ2v) is 9.38. The minimum absolute atomic E-state index is 0.0421. The van der Waals surface area contributed by atoms with Crippen LogP contribution in [0.2, 0.25) is 0 Å². The zero-order chi connectivity index (χ0) is 25.0. The molecule has 8 heteroatoms. The number of aromatic amines is 1. The van der Waals surface area contributed by atoms with Crippen molar-refractivity contribution in [1.29, 1.82) is 0 Å². The molecular weight excluding hydrogens is 445 g/mol. The fourth-order valence-corrected chi connectivity index (χ4v) is 4.95. The largest absolute Gasteiger partial charge is 0.372 e. The lowest BCUT2D eigenvalue weighted by Crippen LogP contribution is -2.60. The molecule has 0 saturated carbocycles. The summed E-state index contributed by atoms with van der Waals surface area (Å²) in [4.78, 5) is 30.2. The second-order valence-electron chi connectivity index (χ2n) is 9.38. The minimum atomic E-state index is -0.496. The van der Waals surface area contributed by atoms with Crippen LogP contribution in [0.4, 0.5) is 10.1 Å². The Labute approximate surface area is 205 Å². The molecule has 7 nitrogen and oxygen atoms in total. The number of nitrogens with one attached hydrogen (secondary N) is 1. The number of anilines is 1. The Hall–Kier alpha value is -3.68. The van der Waals surface area contributed by atoms with Crippen LogP contribution in [0, 0.1) is 12.7 Å². The fraction of sp³-hybridized carbons (Fsp3) is 0.370. The number of likely N-dealkylation sites (N-methyl/N-ethyl adjacent to an activating group) is 1. The van der Waals surface area contributed by atoms with E-state index in [1.54, 1.807) is 26.1 Å². The monoisotopic (exact) mass is 477 g/mol. The summed E-state index contributed by atoms with van der Waals surface area (Å²) in [6.45, 7) is 5.39. The lowest BCUT2D eigenvalue weighted by atomic mass is 9.84. The quantitative estimate of drug-likeness (QED) is 0.498. The van der Waals surface area contributed by atoms with Gasteiger partial charge in [-0.15, -0.1) is 0 Å². The highest BCUT2D eigenvalue weighted by Gasteiger charge is 2.41. The van der Waals surface area contributed by atoms with Gasteiger partial charge in [0.25, 0.3) is 0 Å². The normalized spacial score (nSPS) is 15.0. The molecule has 0 aliphatic carbocycles. The number of carbonyl (C=O) groups excluding carboxylic acids is 2. The van der Waals surface area contributed by atoms with Crippen LogP contribution in [0.25, 0.3) is 11.1 Å². The number of rotatable bonds is 8. The number of halogens is 1. The first kappa shape index (κ1) is 24.4. The smallest absolute Gasteiger partial charge is 0.219 e. The highest BCUT2D eigenvalue weighted by Crippen LogP contribution is 2.33. The van der Waals surface area contributed by atoms with Crippen LogP contribution < -0.4 is 4.90 Å². The van der Waals surface area contributed by atoms with E-state index in [2.05, 4.69) is 39.4 Å². The number of hydrogen-bond donors (Lipinski definition) is 1. The Kier molecular flexibility index (Phi) is 7.19. The van der Waals surface area contributed by atoms with Crippen LogP contribution in [0.5, 0.6) is 0 Å². The number of aromatic nitrogens is 2. The van der Waals surface area contributed by atoms with E-state index in [1.807, 2.05) is 29.1 Å². The van der Waals surface area contributed by atoms with Crippen molar-refractivity contribution < 1.29 is 14.0 Å². The fourth-order valence-electron chi connectivity index (χ4n) is 4.95. The average molecular weight is 478 g/mol. The number of hydrogen-bond acceptors (Lipinski definition) is 4. The van der Waals surface area contributed by atoms with E-state index in [1.165, 1.54) is 6.07 Å². The van der Waals surface area contributed by atoms with Crippen molar-refractivity contribution in [2.45, 2.75) is 38.8 Å². The molecule has 4 rings (SSSR count). The van der Waals surface area contributed by atoms with Crippen molar-refractivity contribution in [3.05, 3.63) is 71.8 Å². The Morgan fingerprint density at radius 2 is 1.89 bits per heavy atom. The molecule has 2 amide bonds. The number of carbonyl (C=O) groups is 2. The van der Waals surface area contributed by atoms with Gasteiger partial charge in [0.1, 0.15) is 5.82 Å². The Morgan fingerprint density at radius 1 is 1.17 bits per heavy atom. The van der Waals surface area contributed by atoms with Crippen molar-refractivity contribution >= 4 is 18.0 Å². The van der Waals surface area contributed by atoms with Crippen molar-refractivity contribution in [3.63, 3.8) is 0 Å². The summed E-state index contributed by atoms with van der Waals surface area (Å²) < 4.78 is 14.2. The number of nitrogens with zero attached hydrogens (tertiary/aromatic N) is 4. The van der Waals surface area contributed by atoms with Crippen LogP contribution in [-0.2, 0) is 16.1 Å². The van der Waals surface area contributed by atoms with E-state index in [-0.39, 0.29) is 11.7 Å². The number of likely N-dealkylation sites (tertiary alicyclic amines) is 1. The first-order chi connectivity index (χ1) is 16.8. The van der Waals surface area contributed by atoms with Gasteiger partial charge < -0.3 is 14.7 Å². The lowest BCUT2D eigenvalue weighted by Gasteiger charge is -2.49. The molecule has 1 aromatic heterocycles. The molecule has 2 aromatic carbocycles. The lowest BCUT2D eigenvalue weighted by molar-refractivity contribution is -0.134. The summed E-state index contributed by atoms with van der Waals surface area (Å²) in [5, 5.41) is 6.84. The first-order valence-electron chi connectivity index (χ1n) is 11.8. The average Bonchev–Trinajstić information content (AvgIpc) is 3.40. The van der Waals surface area contributed by atoms with Crippen molar-refractivity contribution in [2.75, 3.05) is 31.6 Å². The van der Waals surface area contributed by atoms with Crippen molar-refractivity contribution in [3.8, 4) is 11.1 Å². The van der Waals surface area contributed by atoms with Gasteiger partial charge in [-0.3, -0.25) is 14.7 Å². The Balaban J connectivity index is 1.59. The van der Waals surface area contributed by atoms with Crippen LogP contribution >= 0.6 is 0 Å². The zero-order valence-electron chi connectivity index (χ0n) is 20.5. The number of amides is 2. The van der Waals surface area contributed by atoms with Gasteiger partial charge in [-0.05, 0) is 54.7 Å². The summed E-state index contributed by atoms with van der Waals surface area (Å²) in [6.07, 6.45) is 5.82. The molecule has 0 bridgehead atoms. The molecule has 0 unspecified atom stereocenters. The maximum atomic E-state index is 14.2. The van der Waals surface area contributed by atoms with Crippen molar-refractivity contribution in [1.82, 2.24) is 20.0 Å². The van der Waals surface area contributed by atoms with Gasteiger partial charge in [-0.1, -0.05) is 24.3 Å². The van der Waals surface area contributed by atoms with Gasteiger partial charge in [0.15, 0.2) is 0 Å². The van der Waals surface area contributed by atoms with E-state index in [0.29, 0.717) is 44.6 Å². The standard InChI is InChI=1S/C27H32FN5O2/c1-20-23(5-4-6-26(20)28)17-33(19-34)27(11-13-32(14-12-27)21(2)35)18-31(3)25-9-7-22(8-10-25)24-15-29-30-16-24/h4-10,15-16,19H,11-14,17-18H2,1-3H3,(H,29,30). The van der Waals surface area contributed by atoms with E-state index in [0.717, 1.165) is 28.8 Å². The maximum absolute atomic E-state index is 14.2. The van der Waals surface area contributed by atoms with Gasteiger partial charge in [-0.2, -0.15) is 5.10 Å². The third-order valence-electron chi connectivity index (χ3n) is 7.27. The summed E-state index contributed by atoms with van der Waals surface area (Å²) >= 11 is 0. The van der Waals surface area contributed by atoms with Gasteiger partial charge >= 0.3 is 0 Å². The number of H-pyrrole nitrogens is 1. The zero-order valence-corrected chi connectivity index (χ0v) is 20.5. The second kappa shape index (κ2) is 10.3. The first-order valence-corrected chi connectivity index (χ1v) is 11.8. The van der Waals surface area contributed by atoms with E-state index in [9.17, 15) is 14.0 Å².